The fourth-order valence-corrected chi connectivity index (χ4v) is 2.71. The van der Waals surface area contributed by atoms with E-state index in [1.165, 1.54) is 5.56 Å². The lowest BCUT2D eigenvalue weighted by molar-refractivity contribution is 0.445. The molecule has 0 fully saturated rings. The average molecular weight is 167 g/mol. The van der Waals surface area contributed by atoms with Crippen molar-refractivity contribution >= 4 is 11.3 Å². The molecule has 2 heteroatoms. The van der Waals surface area contributed by atoms with Crippen LogP contribution < -0.4 is 5.32 Å². The molecule has 11 heavy (non-hydrogen) atoms. The van der Waals surface area contributed by atoms with E-state index in [4.69, 9.17) is 0 Å². The Bertz CT molecular complexity index is 262. The number of thiophene rings is 1. The van der Waals surface area contributed by atoms with Crippen LogP contribution in [0.5, 0.6) is 0 Å². The summed E-state index contributed by atoms with van der Waals surface area (Å²) in [5.41, 5.74) is 1.84. The first-order valence-electron chi connectivity index (χ1n) is 3.98. The van der Waals surface area contributed by atoms with Crippen molar-refractivity contribution in [3.8, 4) is 0 Å². The standard InChI is InChI=1S/C9H13NS/c1-9(2)6-10-5-7-3-4-11-8(7)9/h3-4,10H,5-6H2,1-2H3. The fourth-order valence-electron chi connectivity index (χ4n) is 1.66. The largest absolute Gasteiger partial charge is 0.312 e. The number of nitrogens with one attached hydrogen (secondary N) is 1. The fraction of sp³-hybridized carbons (Fsp3) is 0.556. The topological polar surface area (TPSA) is 12.0 Å². The molecular weight excluding hydrogens is 154 g/mol. The van der Waals surface area contributed by atoms with Crippen molar-refractivity contribution in [3.05, 3.63) is 21.9 Å². The van der Waals surface area contributed by atoms with Gasteiger partial charge in [-0.1, -0.05) is 13.8 Å². The highest BCUT2D eigenvalue weighted by Crippen LogP contribution is 2.33. The number of rotatable bonds is 0. The van der Waals surface area contributed by atoms with Crippen molar-refractivity contribution < 1.29 is 0 Å². The normalized spacial score (nSPS) is 21.3. The first-order valence-corrected chi connectivity index (χ1v) is 4.86. The molecule has 0 aliphatic carbocycles. The molecule has 0 aromatic carbocycles. The Morgan fingerprint density at radius 3 is 3.09 bits per heavy atom. The second kappa shape index (κ2) is 2.32. The Morgan fingerprint density at radius 1 is 1.55 bits per heavy atom. The molecule has 0 atom stereocenters. The van der Waals surface area contributed by atoms with Crippen LogP contribution in [0.15, 0.2) is 11.4 Å². The van der Waals surface area contributed by atoms with E-state index >= 15 is 0 Å². The van der Waals surface area contributed by atoms with Crippen LogP contribution in [-0.4, -0.2) is 6.54 Å². The van der Waals surface area contributed by atoms with Crippen LogP contribution in [0, 0.1) is 0 Å². The number of hydrogen-bond acceptors (Lipinski definition) is 2. The highest BCUT2D eigenvalue weighted by atomic mass is 32.1. The molecule has 0 saturated heterocycles. The molecule has 2 heterocycles. The smallest absolute Gasteiger partial charge is 0.0217 e. The van der Waals surface area contributed by atoms with Gasteiger partial charge in [0.1, 0.15) is 0 Å². The van der Waals surface area contributed by atoms with Gasteiger partial charge < -0.3 is 5.32 Å². The molecule has 0 saturated carbocycles. The van der Waals surface area contributed by atoms with Crippen LogP contribution in [0.2, 0.25) is 0 Å². The first kappa shape index (κ1) is 7.32. The lowest BCUT2D eigenvalue weighted by Gasteiger charge is -2.30. The summed E-state index contributed by atoms with van der Waals surface area (Å²) in [4.78, 5) is 1.57. The van der Waals surface area contributed by atoms with Crippen LogP contribution in [0.1, 0.15) is 24.3 Å². The van der Waals surface area contributed by atoms with Crippen LogP contribution in [0.4, 0.5) is 0 Å². The van der Waals surface area contributed by atoms with E-state index in [2.05, 4.69) is 30.6 Å². The van der Waals surface area contributed by atoms with Crippen molar-refractivity contribution in [2.45, 2.75) is 25.8 Å². The highest BCUT2D eigenvalue weighted by Gasteiger charge is 2.27. The van der Waals surface area contributed by atoms with E-state index in [1.54, 1.807) is 4.88 Å². The van der Waals surface area contributed by atoms with Gasteiger partial charge >= 0.3 is 0 Å². The molecule has 0 unspecified atom stereocenters. The zero-order valence-electron chi connectivity index (χ0n) is 6.98. The summed E-state index contributed by atoms with van der Waals surface area (Å²) >= 11 is 1.89. The molecule has 60 valence electrons. The zero-order chi connectivity index (χ0) is 7.90. The Labute approximate surface area is 71.4 Å². The average Bonchev–Trinajstić information content (AvgIpc) is 2.34. The molecule has 1 N–H and O–H groups in total. The van der Waals surface area contributed by atoms with Gasteiger partial charge in [0, 0.05) is 23.4 Å². The zero-order valence-corrected chi connectivity index (χ0v) is 7.79. The maximum absolute atomic E-state index is 3.42. The summed E-state index contributed by atoms with van der Waals surface area (Å²) < 4.78 is 0. The van der Waals surface area contributed by atoms with Gasteiger partial charge in [-0.25, -0.2) is 0 Å². The predicted molar refractivity (Wildman–Crippen MR) is 49.1 cm³/mol. The second-order valence-corrected chi connectivity index (χ2v) is 4.68. The Morgan fingerprint density at radius 2 is 2.36 bits per heavy atom. The molecule has 2 rings (SSSR count). The van der Waals surface area contributed by atoms with E-state index in [1.807, 2.05) is 11.3 Å². The lowest BCUT2D eigenvalue weighted by atomic mass is 9.86. The highest BCUT2D eigenvalue weighted by molar-refractivity contribution is 7.10. The third-order valence-corrected chi connectivity index (χ3v) is 3.57. The summed E-state index contributed by atoms with van der Waals surface area (Å²) in [6.07, 6.45) is 0. The van der Waals surface area contributed by atoms with E-state index < -0.39 is 0 Å². The van der Waals surface area contributed by atoms with Gasteiger partial charge in [0.25, 0.3) is 0 Å². The van der Waals surface area contributed by atoms with Gasteiger partial charge in [0.15, 0.2) is 0 Å². The van der Waals surface area contributed by atoms with Gasteiger partial charge in [0.05, 0.1) is 0 Å². The second-order valence-electron chi connectivity index (χ2n) is 3.76. The van der Waals surface area contributed by atoms with Gasteiger partial charge in [-0.2, -0.15) is 0 Å². The molecule has 0 radical (unpaired) electrons. The minimum Gasteiger partial charge on any atom is -0.312 e. The maximum Gasteiger partial charge on any atom is 0.0217 e. The lowest BCUT2D eigenvalue weighted by Crippen LogP contribution is -2.37. The van der Waals surface area contributed by atoms with Crippen LogP contribution in [-0.2, 0) is 12.0 Å². The third-order valence-electron chi connectivity index (χ3n) is 2.24. The summed E-state index contributed by atoms with van der Waals surface area (Å²) in [7, 11) is 0. The molecule has 0 spiro atoms. The predicted octanol–water partition coefficient (Wildman–Crippen LogP) is 2.13. The third kappa shape index (κ3) is 1.10. The minimum absolute atomic E-state index is 0.349. The van der Waals surface area contributed by atoms with E-state index in [0.717, 1.165) is 13.1 Å². The van der Waals surface area contributed by atoms with Crippen LogP contribution >= 0.6 is 11.3 Å². The Balaban J connectivity index is 2.48. The molecule has 1 aliphatic rings. The van der Waals surface area contributed by atoms with Crippen molar-refractivity contribution in [1.29, 1.82) is 0 Å². The molecule has 1 aromatic heterocycles. The van der Waals surface area contributed by atoms with E-state index in [-0.39, 0.29) is 0 Å². The van der Waals surface area contributed by atoms with Crippen molar-refractivity contribution in [1.82, 2.24) is 5.32 Å². The monoisotopic (exact) mass is 167 g/mol. The van der Waals surface area contributed by atoms with Gasteiger partial charge in [-0.05, 0) is 17.0 Å². The minimum atomic E-state index is 0.349. The molecule has 0 amide bonds. The summed E-state index contributed by atoms with van der Waals surface area (Å²) in [5.74, 6) is 0. The van der Waals surface area contributed by atoms with Crippen molar-refractivity contribution in [2.75, 3.05) is 6.54 Å². The molecule has 1 nitrogen and oxygen atoms in total. The van der Waals surface area contributed by atoms with Crippen molar-refractivity contribution in [2.24, 2.45) is 0 Å². The Hall–Kier alpha value is -0.340. The molecule has 1 aliphatic heterocycles. The summed E-state index contributed by atoms with van der Waals surface area (Å²) in [6, 6.07) is 2.23. The SMILES string of the molecule is CC1(C)CNCc2ccsc21. The van der Waals surface area contributed by atoms with Gasteiger partial charge in [-0.3, -0.25) is 0 Å². The van der Waals surface area contributed by atoms with E-state index in [9.17, 15) is 0 Å². The number of fused-ring (bicyclic) bond motifs is 1. The Kier molecular flexibility index (Phi) is 1.55. The van der Waals surface area contributed by atoms with E-state index in [0.29, 0.717) is 5.41 Å². The summed E-state index contributed by atoms with van der Waals surface area (Å²) in [5, 5.41) is 5.62. The van der Waals surface area contributed by atoms with Gasteiger partial charge in [-0.15, -0.1) is 11.3 Å². The van der Waals surface area contributed by atoms with Crippen molar-refractivity contribution in [3.63, 3.8) is 0 Å². The molecule has 1 aromatic rings. The number of hydrogen-bond donors (Lipinski definition) is 1. The summed E-state index contributed by atoms with van der Waals surface area (Å²) in [6.45, 7) is 6.77. The molecule has 0 bridgehead atoms. The first-order chi connectivity index (χ1) is 5.20. The van der Waals surface area contributed by atoms with Crippen LogP contribution in [0.3, 0.4) is 0 Å². The van der Waals surface area contributed by atoms with Crippen LogP contribution in [0.25, 0.3) is 0 Å². The van der Waals surface area contributed by atoms with Gasteiger partial charge in [0.2, 0.25) is 0 Å². The molecular formula is C9H13NS. The quantitative estimate of drug-likeness (QED) is 0.624. The maximum atomic E-state index is 3.42.